The van der Waals surface area contributed by atoms with Crippen molar-refractivity contribution >= 4 is 27.7 Å². The smallest absolute Gasteiger partial charge is 0.429 e. The van der Waals surface area contributed by atoms with Crippen molar-refractivity contribution in [1.29, 1.82) is 0 Å². The molecular weight excluding hydrogens is 581 g/mol. The van der Waals surface area contributed by atoms with Gasteiger partial charge in [-0.3, -0.25) is 4.79 Å². The van der Waals surface area contributed by atoms with Crippen molar-refractivity contribution in [3.05, 3.63) is 58.1 Å². The molecule has 2 aromatic heterocycles. The number of nitrogens with one attached hydrogen (secondary N) is 1. The highest BCUT2D eigenvalue weighted by Crippen LogP contribution is 2.42. The number of ether oxygens (including phenoxy) is 1. The number of carboxylic acid groups (broad SMARTS) is 1. The Morgan fingerprint density at radius 1 is 1.21 bits per heavy atom. The van der Waals surface area contributed by atoms with Crippen molar-refractivity contribution < 1.29 is 27.8 Å². The first-order valence-electron chi connectivity index (χ1n) is 12.5. The molecule has 39 heavy (non-hydrogen) atoms. The molecule has 0 saturated carbocycles. The highest BCUT2D eigenvalue weighted by molar-refractivity contribution is 9.10. The number of aromatic nitrogens is 4. The van der Waals surface area contributed by atoms with Crippen LogP contribution < -0.4 is 15.0 Å². The fourth-order valence-electron chi connectivity index (χ4n) is 5.34. The van der Waals surface area contributed by atoms with E-state index in [4.69, 9.17) is 4.74 Å². The van der Waals surface area contributed by atoms with Crippen molar-refractivity contribution in [2.75, 3.05) is 24.5 Å². The number of piperidine rings is 1. The summed E-state index contributed by atoms with van der Waals surface area (Å²) in [5.41, 5.74) is 0.687. The summed E-state index contributed by atoms with van der Waals surface area (Å²) in [5.74, 6) is -0.263. The number of carboxylic acids is 1. The molecule has 2 aliphatic rings. The molecule has 208 valence electrons. The molecule has 2 aliphatic heterocycles. The zero-order chi connectivity index (χ0) is 27.9. The molecule has 13 heteroatoms. The van der Waals surface area contributed by atoms with Crippen LogP contribution in [0.3, 0.4) is 0 Å². The third-order valence-electron chi connectivity index (χ3n) is 7.39. The SMILES string of the molecule is Cc1ccn(-c2cc(Br)ccc2[C@@H](Oc2cc(N3CCC4(CC3)CNC(C(=O)O)C4)nc(C)n2)C(F)(F)F)n1. The lowest BCUT2D eigenvalue weighted by molar-refractivity contribution is -0.198. The van der Waals surface area contributed by atoms with Crippen LogP contribution in [0.5, 0.6) is 5.88 Å². The molecule has 2 atom stereocenters. The summed E-state index contributed by atoms with van der Waals surface area (Å²) < 4.78 is 50.9. The quantitative estimate of drug-likeness (QED) is 0.413. The van der Waals surface area contributed by atoms with Crippen LogP contribution in [0.2, 0.25) is 0 Å². The third-order valence-corrected chi connectivity index (χ3v) is 7.88. The lowest BCUT2D eigenvalue weighted by atomic mass is 9.76. The summed E-state index contributed by atoms with van der Waals surface area (Å²) in [7, 11) is 0. The number of halogens is 4. The lowest BCUT2D eigenvalue weighted by Crippen LogP contribution is -2.41. The summed E-state index contributed by atoms with van der Waals surface area (Å²) in [5, 5.41) is 16.7. The van der Waals surface area contributed by atoms with E-state index in [9.17, 15) is 23.1 Å². The van der Waals surface area contributed by atoms with Crippen LogP contribution in [0, 0.1) is 19.3 Å². The minimum absolute atomic E-state index is 0.103. The van der Waals surface area contributed by atoms with Crippen LogP contribution in [-0.4, -0.2) is 62.7 Å². The van der Waals surface area contributed by atoms with Gasteiger partial charge in [0.05, 0.1) is 11.4 Å². The lowest BCUT2D eigenvalue weighted by Gasteiger charge is -2.39. The molecule has 4 heterocycles. The van der Waals surface area contributed by atoms with E-state index in [2.05, 4.69) is 36.3 Å². The van der Waals surface area contributed by atoms with Crippen molar-refractivity contribution in [2.45, 2.75) is 51.4 Å². The fourth-order valence-corrected chi connectivity index (χ4v) is 5.69. The van der Waals surface area contributed by atoms with Crippen LogP contribution in [-0.2, 0) is 4.79 Å². The number of aliphatic carboxylic acids is 1. The fraction of sp³-hybridized carbons (Fsp3) is 0.462. The summed E-state index contributed by atoms with van der Waals surface area (Å²) in [6.07, 6.45) is -3.37. The molecule has 1 aromatic carbocycles. The van der Waals surface area contributed by atoms with E-state index in [0.717, 1.165) is 12.8 Å². The van der Waals surface area contributed by atoms with Gasteiger partial charge in [-0.05, 0) is 56.7 Å². The average Bonchev–Trinajstić information content (AvgIpc) is 3.49. The number of hydrogen-bond acceptors (Lipinski definition) is 7. The minimum atomic E-state index is -4.74. The molecule has 1 unspecified atom stereocenters. The average molecular weight is 609 g/mol. The molecule has 2 N–H and O–H groups in total. The van der Waals surface area contributed by atoms with E-state index in [-0.39, 0.29) is 28.4 Å². The van der Waals surface area contributed by atoms with Crippen molar-refractivity contribution in [2.24, 2.45) is 5.41 Å². The van der Waals surface area contributed by atoms with E-state index in [1.54, 1.807) is 32.2 Å². The molecule has 5 rings (SSSR count). The van der Waals surface area contributed by atoms with Crippen molar-refractivity contribution in [3.8, 4) is 11.6 Å². The minimum Gasteiger partial charge on any atom is -0.480 e. The highest BCUT2D eigenvalue weighted by atomic mass is 79.9. The third kappa shape index (κ3) is 5.88. The van der Waals surface area contributed by atoms with Crippen LogP contribution in [0.4, 0.5) is 19.0 Å². The van der Waals surface area contributed by atoms with Gasteiger partial charge in [-0.1, -0.05) is 22.0 Å². The van der Waals surface area contributed by atoms with Crippen molar-refractivity contribution in [3.63, 3.8) is 0 Å². The normalized spacial score (nSPS) is 19.8. The summed E-state index contributed by atoms with van der Waals surface area (Å²) in [4.78, 5) is 22.0. The number of aryl methyl sites for hydroxylation is 2. The molecule has 0 aliphatic carbocycles. The Balaban J connectivity index is 1.40. The van der Waals surface area contributed by atoms with Crippen LogP contribution in [0.25, 0.3) is 5.69 Å². The van der Waals surface area contributed by atoms with E-state index in [1.165, 1.54) is 22.9 Å². The molecule has 0 amide bonds. The summed E-state index contributed by atoms with van der Waals surface area (Å²) in [6, 6.07) is 7.06. The second kappa shape index (κ2) is 10.4. The monoisotopic (exact) mass is 608 g/mol. The van der Waals surface area contributed by atoms with Crippen LogP contribution >= 0.6 is 15.9 Å². The van der Waals surface area contributed by atoms with Gasteiger partial charge in [-0.2, -0.15) is 23.3 Å². The summed E-state index contributed by atoms with van der Waals surface area (Å²) >= 11 is 3.34. The Kier molecular flexibility index (Phi) is 7.31. The second-order valence-corrected chi connectivity index (χ2v) is 11.1. The number of anilines is 1. The second-order valence-electron chi connectivity index (χ2n) is 10.2. The number of alkyl halides is 3. The standard InChI is InChI=1S/C26H28BrF3N6O3/c1-15-5-8-36(34-15)20-11-17(27)3-4-18(20)23(26(28,29)30)39-22-12-21(32-16(2)33-22)35-9-6-25(7-10-35)13-19(24(37)38)31-14-25/h3-5,8,11-12,19,23,31H,6-7,9-10,13-14H2,1-2H3,(H,37,38)/t19?,23-/m1/s1. The Bertz CT molecular complexity index is 1370. The van der Waals surface area contributed by atoms with E-state index >= 15 is 0 Å². The van der Waals surface area contributed by atoms with Crippen molar-refractivity contribution in [1.82, 2.24) is 25.1 Å². The van der Waals surface area contributed by atoms with Gasteiger partial charge in [-0.15, -0.1) is 0 Å². The number of benzene rings is 1. The van der Waals surface area contributed by atoms with Crippen LogP contribution in [0.15, 0.2) is 41.0 Å². The zero-order valence-corrected chi connectivity index (χ0v) is 23.0. The van der Waals surface area contributed by atoms with Gasteiger partial charge >= 0.3 is 12.1 Å². The number of hydrogen-bond donors (Lipinski definition) is 2. The predicted octanol–water partition coefficient (Wildman–Crippen LogP) is 4.76. The molecule has 9 nitrogen and oxygen atoms in total. The van der Waals surface area contributed by atoms with Gasteiger partial charge in [0.1, 0.15) is 17.7 Å². The Labute approximate surface area is 231 Å². The van der Waals surface area contributed by atoms with Gasteiger partial charge in [0, 0.05) is 41.9 Å². The summed E-state index contributed by atoms with van der Waals surface area (Å²) in [6.45, 7) is 5.20. The first kappa shape index (κ1) is 27.4. The Morgan fingerprint density at radius 3 is 2.56 bits per heavy atom. The highest BCUT2D eigenvalue weighted by Gasteiger charge is 2.46. The van der Waals surface area contributed by atoms with Gasteiger partial charge in [0.25, 0.3) is 0 Å². The zero-order valence-electron chi connectivity index (χ0n) is 21.4. The Morgan fingerprint density at radius 2 is 1.95 bits per heavy atom. The molecule has 0 bridgehead atoms. The van der Waals surface area contributed by atoms with E-state index in [1.807, 2.05) is 4.90 Å². The maximum atomic E-state index is 14.4. The first-order valence-corrected chi connectivity index (χ1v) is 13.3. The van der Waals surface area contributed by atoms with Gasteiger partial charge < -0.3 is 20.1 Å². The maximum Gasteiger partial charge on any atom is 0.429 e. The van der Waals surface area contributed by atoms with Gasteiger partial charge in [0.15, 0.2) is 0 Å². The van der Waals surface area contributed by atoms with E-state index < -0.39 is 24.3 Å². The largest absolute Gasteiger partial charge is 0.480 e. The molecule has 2 saturated heterocycles. The van der Waals surface area contributed by atoms with Gasteiger partial charge in [-0.25, -0.2) is 9.67 Å². The molecule has 0 radical (unpaired) electrons. The van der Waals surface area contributed by atoms with E-state index in [0.29, 0.717) is 42.0 Å². The predicted molar refractivity (Wildman–Crippen MR) is 140 cm³/mol. The number of rotatable bonds is 6. The number of carbonyl (C=O) groups is 1. The molecule has 2 fully saturated rings. The van der Waals surface area contributed by atoms with Crippen LogP contribution in [0.1, 0.15) is 42.4 Å². The first-order chi connectivity index (χ1) is 18.4. The molecular formula is C26H28BrF3N6O3. The van der Waals surface area contributed by atoms with Gasteiger partial charge in [0.2, 0.25) is 12.0 Å². The molecule has 3 aromatic rings. The topological polar surface area (TPSA) is 105 Å². The molecule has 1 spiro atoms. The maximum absolute atomic E-state index is 14.4. The Hall–Kier alpha value is -3.19. The number of nitrogens with zero attached hydrogens (tertiary/aromatic N) is 5.